The first-order valence-corrected chi connectivity index (χ1v) is 50.1. The molecular weight excluding hydrogens is 1740 g/mol. The highest BCUT2D eigenvalue weighted by Crippen LogP contribution is 2.47. The van der Waals surface area contributed by atoms with Crippen LogP contribution in [0.15, 0.2) is 146 Å². The number of benzene rings is 6. The predicted octanol–water partition coefficient (Wildman–Crippen LogP) is 19.4. The summed E-state index contributed by atoms with van der Waals surface area (Å²) in [7, 11) is 2.19. The van der Waals surface area contributed by atoms with Crippen LogP contribution in [0.3, 0.4) is 0 Å². The average Bonchev–Trinajstić information content (AvgIpc) is 0.807. The van der Waals surface area contributed by atoms with Crippen molar-refractivity contribution in [3.05, 3.63) is 214 Å². The molecule has 3 aliphatic rings. The number of pyridine rings is 3. The SMILES string of the molecule is CCN1CCC(Cc2ccc3ncnc(Nc4cc(C(=O)Nc5cc(C(C)(C)CCOc6c(NSC)cc(C(C)(C)CCOc7c(NC(=O)c8ccc(C)c(Nc9ncnc%10ccc(CC%11CNCCOC%11)nc9%10)c8)cc(C(C)(C)C)cc7NS(C)=O)cc6NC(=O)c6ccc(C)c(Nc7ncnc8ccc(CC9CCN(C)CC9)nc78)c6)cc(NSC)c5OC)ccc4C)c3n2)CC1. The average molecular weight is 1870 g/mol. The lowest BCUT2D eigenvalue weighted by Gasteiger charge is -2.30. The first kappa shape index (κ1) is 96.7. The fourth-order valence-electron chi connectivity index (χ4n) is 17.4. The van der Waals surface area contributed by atoms with E-state index in [1.807, 2.05) is 124 Å². The second-order valence-electron chi connectivity index (χ2n) is 37.7. The highest BCUT2D eigenvalue weighted by molar-refractivity contribution is 8.00. The van der Waals surface area contributed by atoms with E-state index in [-0.39, 0.29) is 25.0 Å². The number of hydrogen-bond acceptors (Lipinski definition) is 27. The summed E-state index contributed by atoms with van der Waals surface area (Å²) in [6.07, 6.45) is 17.7. The summed E-state index contributed by atoms with van der Waals surface area (Å²) in [5.41, 5.74) is 16.3. The molecule has 0 bridgehead atoms. The summed E-state index contributed by atoms with van der Waals surface area (Å²) in [6, 6.07) is 40.5. The van der Waals surface area contributed by atoms with Gasteiger partial charge in [-0.05, 0) is 289 Å². The van der Waals surface area contributed by atoms with Crippen molar-refractivity contribution in [2.24, 2.45) is 17.8 Å². The minimum atomic E-state index is -1.57. The van der Waals surface area contributed by atoms with Gasteiger partial charge in [-0.3, -0.25) is 14.4 Å². The van der Waals surface area contributed by atoms with Crippen LogP contribution in [-0.4, -0.2) is 182 Å². The number of nitrogens with zero attached hydrogens (tertiary/aromatic N) is 11. The molecule has 0 spiro atoms. The molecule has 2 atom stereocenters. The minimum absolute atomic E-state index is 0.106. The molecule has 3 amide bonds. The summed E-state index contributed by atoms with van der Waals surface area (Å²) in [4.78, 5) is 93.4. The number of anilines is 12. The first-order valence-electron chi connectivity index (χ1n) is 46.1. The summed E-state index contributed by atoms with van der Waals surface area (Å²) < 4.78 is 49.6. The van der Waals surface area contributed by atoms with Crippen molar-refractivity contribution in [3.8, 4) is 17.2 Å². The van der Waals surface area contributed by atoms with Crippen molar-refractivity contribution in [2.75, 3.05) is 151 Å². The van der Waals surface area contributed by atoms with Crippen LogP contribution in [0.4, 0.5) is 68.6 Å². The standard InChI is InChI=1S/C102H125N21O8S3/c1-17-123-39-32-65(33-40-123)45-74-25-28-77-89(111-74)95(108-59-105-77)113-79-47-67(21-18-61(79)2)97(124)116-82-52-71(54-85(119-132-14)91(82)128-13)101(8,9)34-41-130-92-84(118-99(126)69-23-20-63(4)81(49-69)114-94-88-76(104-58-107-94)27-24-73(110-88)44-64-30-37-122(12)38-31-64)53-72(55-86(92)120-133-15)102(10,11)35-42-131-93-83(50-70(100(5,6)7)51-87(93)121-134(16)127)117-98(125)68-22-19-62(3)80(48-68)115-96-90-78(106-60-109-96)29-26-75(112-90)46-66-56-103-36-43-129-57-66/h18-29,47-55,58-60,64-66,103,119-121H,17,30-46,56-57H2,1-16H3,(H,116,124)(H,117,125)(H,118,126)(H,104,107,114)(H,105,108,113)(H,106,109,115). The Labute approximate surface area is 796 Å². The number of methoxy groups -OCH3 is 1. The monoisotopic (exact) mass is 1870 g/mol. The van der Waals surface area contributed by atoms with Gasteiger partial charge in [0.05, 0.1) is 84.2 Å². The van der Waals surface area contributed by atoms with E-state index in [2.05, 4.69) is 161 Å². The maximum atomic E-state index is 15.5. The van der Waals surface area contributed by atoms with Gasteiger partial charge >= 0.3 is 0 Å². The van der Waals surface area contributed by atoms with E-state index >= 15 is 9.59 Å². The molecule has 10 N–H and O–H groups in total. The zero-order valence-corrected chi connectivity index (χ0v) is 82.1. The van der Waals surface area contributed by atoms with Crippen LogP contribution in [0.25, 0.3) is 33.1 Å². The second-order valence-corrected chi connectivity index (χ2v) is 40.0. The van der Waals surface area contributed by atoms with Gasteiger partial charge in [-0.2, -0.15) is 0 Å². The van der Waals surface area contributed by atoms with Crippen molar-refractivity contribution in [1.82, 2.24) is 60.0 Å². The Bertz CT molecular complexity index is 6290. The van der Waals surface area contributed by atoms with Crippen LogP contribution in [-0.2, 0) is 51.2 Å². The number of piperidine rings is 2. The van der Waals surface area contributed by atoms with E-state index in [0.29, 0.717) is 174 Å². The molecule has 9 heterocycles. The Kier molecular flexibility index (Phi) is 31.2. The number of aromatic nitrogens is 9. The zero-order valence-electron chi connectivity index (χ0n) is 79.6. The summed E-state index contributed by atoms with van der Waals surface area (Å²) in [6.45, 7) is 31.4. The Balaban J connectivity index is 0.708. The number of fused-ring (bicyclic) bond motifs is 3. The molecule has 3 saturated heterocycles. The molecule has 6 aromatic heterocycles. The zero-order chi connectivity index (χ0) is 94.5. The molecule has 6 aromatic carbocycles. The van der Waals surface area contributed by atoms with E-state index < -0.39 is 39.0 Å². The van der Waals surface area contributed by atoms with Crippen LogP contribution in [0.5, 0.6) is 17.2 Å². The third kappa shape index (κ3) is 23.9. The lowest BCUT2D eigenvalue weighted by molar-refractivity contribution is 0.101. The van der Waals surface area contributed by atoms with Crippen LogP contribution >= 0.6 is 23.9 Å². The summed E-state index contributed by atoms with van der Waals surface area (Å²) in [5, 5.41) is 23.8. The van der Waals surface area contributed by atoms with Gasteiger partial charge in [0.1, 0.15) is 46.5 Å². The van der Waals surface area contributed by atoms with Crippen LogP contribution < -0.4 is 65.6 Å². The first-order chi connectivity index (χ1) is 64.4. The van der Waals surface area contributed by atoms with Gasteiger partial charge in [0, 0.05) is 88.6 Å². The third-order valence-electron chi connectivity index (χ3n) is 25.8. The molecule has 0 saturated carbocycles. The number of amides is 3. The fraction of sp³-hybridized carbons (Fsp3) is 0.412. The van der Waals surface area contributed by atoms with E-state index in [1.165, 1.54) is 42.9 Å². The molecule has 2 unspecified atom stereocenters. The van der Waals surface area contributed by atoms with Crippen molar-refractivity contribution < 1.29 is 37.5 Å². The normalized spacial score (nSPS) is 15.2. The van der Waals surface area contributed by atoms with E-state index in [1.54, 1.807) is 37.6 Å². The van der Waals surface area contributed by atoms with Gasteiger partial charge in [-0.25, -0.2) is 49.1 Å². The number of likely N-dealkylation sites (tertiary alicyclic amines) is 2. The highest BCUT2D eigenvalue weighted by Gasteiger charge is 2.33. The molecule has 704 valence electrons. The lowest BCUT2D eigenvalue weighted by atomic mass is 9.81. The van der Waals surface area contributed by atoms with Crippen molar-refractivity contribution in [3.63, 3.8) is 0 Å². The fourth-order valence-corrected chi connectivity index (χ4v) is 18.6. The molecule has 15 rings (SSSR count). The van der Waals surface area contributed by atoms with Crippen molar-refractivity contribution >= 4 is 154 Å². The quantitative estimate of drug-likeness (QED) is 0.0163. The summed E-state index contributed by atoms with van der Waals surface area (Å²) >= 11 is 2.78. The molecule has 12 aromatic rings. The Hall–Kier alpha value is -11.9. The maximum Gasteiger partial charge on any atom is 0.255 e. The van der Waals surface area contributed by atoms with Gasteiger partial charge in [-0.15, -0.1) is 0 Å². The van der Waals surface area contributed by atoms with Crippen LogP contribution in [0.1, 0.15) is 175 Å². The van der Waals surface area contributed by atoms with Crippen molar-refractivity contribution in [1.29, 1.82) is 0 Å². The van der Waals surface area contributed by atoms with E-state index in [9.17, 15) is 9.00 Å². The van der Waals surface area contributed by atoms with Gasteiger partial charge < -0.3 is 80.1 Å². The highest BCUT2D eigenvalue weighted by atomic mass is 32.2. The molecule has 32 heteroatoms. The molecule has 0 radical (unpaired) electrons. The van der Waals surface area contributed by atoms with Gasteiger partial charge in [0.15, 0.2) is 34.7 Å². The number of hydrogen-bond donors (Lipinski definition) is 10. The van der Waals surface area contributed by atoms with E-state index in [4.69, 9.17) is 38.9 Å². The molecule has 3 aliphatic heterocycles. The van der Waals surface area contributed by atoms with Gasteiger partial charge in [0.25, 0.3) is 17.7 Å². The number of aryl methyl sites for hydroxylation is 3. The Morgan fingerprint density at radius 3 is 1.29 bits per heavy atom. The van der Waals surface area contributed by atoms with Gasteiger partial charge in [0.2, 0.25) is 0 Å². The molecule has 0 aliphatic carbocycles. The minimum Gasteiger partial charge on any atom is -0.492 e. The molecule has 134 heavy (non-hydrogen) atoms. The molecular formula is C102H125N21O8S3. The predicted molar refractivity (Wildman–Crippen MR) is 545 cm³/mol. The maximum absolute atomic E-state index is 15.5. The van der Waals surface area contributed by atoms with Crippen LogP contribution in [0.2, 0.25) is 0 Å². The smallest absolute Gasteiger partial charge is 0.255 e. The van der Waals surface area contributed by atoms with Crippen LogP contribution in [0, 0.1) is 38.5 Å². The topological polar surface area (TPSA) is 348 Å². The summed E-state index contributed by atoms with van der Waals surface area (Å²) in [5.74, 6) is 2.85. The number of carbonyl (C=O) groups is 3. The largest absolute Gasteiger partial charge is 0.492 e. The Morgan fingerprint density at radius 1 is 0.493 bits per heavy atom. The second kappa shape index (κ2) is 43.2. The van der Waals surface area contributed by atoms with Gasteiger partial charge in [-0.1, -0.05) is 97.5 Å². The molecule has 29 nitrogen and oxygen atoms in total. The number of carbonyl (C=O) groups excluding carboxylic acids is 3. The Morgan fingerprint density at radius 2 is 0.881 bits per heavy atom. The van der Waals surface area contributed by atoms with Crippen molar-refractivity contribution in [2.45, 2.75) is 150 Å². The molecule has 3 fully saturated rings. The third-order valence-corrected chi connectivity index (χ3v) is 27.2. The number of nitrogens with one attached hydrogen (secondary N) is 10. The lowest BCUT2D eigenvalue weighted by Crippen LogP contribution is -2.34. The number of rotatable bonds is 36. The van der Waals surface area contributed by atoms with E-state index in [0.717, 1.165) is 140 Å². The number of ether oxygens (including phenoxy) is 4.